The summed E-state index contributed by atoms with van der Waals surface area (Å²) >= 11 is 10.9. The molecule has 0 bridgehead atoms. The van der Waals surface area contributed by atoms with Crippen LogP contribution in [0, 0.1) is 7.14 Å². The minimum Gasteiger partial charge on any atom is -0.495 e. The molecular formula is C12H9I2NO2S2. The van der Waals surface area contributed by atoms with Crippen molar-refractivity contribution in [3.63, 3.8) is 0 Å². The van der Waals surface area contributed by atoms with Gasteiger partial charge in [0.25, 0.3) is 5.91 Å². The molecular weight excluding hydrogens is 508 g/mol. The lowest BCUT2D eigenvalue weighted by Gasteiger charge is -2.09. The second-order valence-electron chi connectivity index (χ2n) is 3.75. The van der Waals surface area contributed by atoms with E-state index in [2.05, 4.69) is 45.2 Å². The number of amides is 1. The summed E-state index contributed by atoms with van der Waals surface area (Å²) in [5, 5.41) is 0. The van der Waals surface area contributed by atoms with E-state index in [1.807, 2.05) is 18.2 Å². The molecule has 1 heterocycles. The van der Waals surface area contributed by atoms with E-state index in [-0.39, 0.29) is 5.91 Å². The van der Waals surface area contributed by atoms with Crippen molar-refractivity contribution in [2.24, 2.45) is 0 Å². The largest absolute Gasteiger partial charge is 0.495 e. The number of thioether (sulfide) groups is 1. The van der Waals surface area contributed by atoms with E-state index in [0.29, 0.717) is 9.23 Å². The van der Waals surface area contributed by atoms with Crippen LogP contribution in [0.3, 0.4) is 0 Å². The number of hydrogen-bond acceptors (Lipinski definition) is 4. The summed E-state index contributed by atoms with van der Waals surface area (Å²) in [6.07, 6.45) is 1.84. The maximum Gasteiger partial charge on any atom is 0.265 e. The lowest BCUT2D eigenvalue weighted by atomic mass is 10.2. The van der Waals surface area contributed by atoms with Crippen molar-refractivity contribution in [1.82, 2.24) is 4.90 Å². The maximum atomic E-state index is 12.0. The van der Waals surface area contributed by atoms with E-state index < -0.39 is 0 Å². The van der Waals surface area contributed by atoms with Gasteiger partial charge in [-0.15, -0.1) is 0 Å². The Bertz CT molecular complexity index is 602. The van der Waals surface area contributed by atoms with Gasteiger partial charge in [-0.1, -0.05) is 24.0 Å². The number of methoxy groups -OCH3 is 1. The maximum absolute atomic E-state index is 12.0. The van der Waals surface area contributed by atoms with Gasteiger partial charge in [-0.2, -0.15) is 0 Å². The molecule has 19 heavy (non-hydrogen) atoms. The third-order valence-electron chi connectivity index (χ3n) is 2.51. The zero-order valence-corrected chi connectivity index (χ0v) is 16.0. The molecule has 1 aliphatic heterocycles. The molecule has 1 aromatic carbocycles. The van der Waals surface area contributed by atoms with Gasteiger partial charge in [-0.05, 0) is 63.4 Å². The van der Waals surface area contributed by atoms with E-state index in [0.717, 1.165) is 18.5 Å². The molecule has 1 saturated heterocycles. The first-order valence-electron chi connectivity index (χ1n) is 5.18. The first kappa shape index (κ1) is 15.5. The van der Waals surface area contributed by atoms with Crippen molar-refractivity contribution >= 4 is 85.5 Å². The Morgan fingerprint density at radius 1 is 1.42 bits per heavy atom. The molecule has 1 aromatic rings. The Kier molecular flexibility index (Phi) is 5.12. The van der Waals surface area contributed by atoms with Crippen LogP contribution in [-0.4, -0.2) is 29.3 Å². The van der Waals surface area contributed by atoms with Crippen LogP contribution in [0.25, 0.3) is 6.08 Å². The van der Waals surface area contributed by atoms with Crippen LogP contribution < -0.4 is 4.74 Å². The molecule has 0 aliphatic carbocycles. The van der Waals surface area contributed by atoms with E-state index in [9.17, 15) is 4.79 Å². The van der Waals surface area contributed by atoms with Gasteiger partial charge in [0.2, 0.25) is 0 Å². The summed E-state index contributed by atoms with van der Waals surface area (Å²) in [5.41, 5.74) is 0.896. The number of halogens is 2. The van der Waals surface area contributed by atoms with Crippen molar-refractivity contribution in [2.75, 3.05) is 14.2 Å². The Hall–Kier alpha value is 0.130. The number of benzene rings is 1. The highest BCUT2D eigenvalue weighted by Crippen LogP contribution is 2.35. The Morgan fingerprint density at radius 3 is 2.63 bits per heavy atom. The normalized spacial score (nSPS) is 17.5. The van der Waals surface area contributed by atoms with Crippen molar-refractivity contribution in [3.05, 3.63) is 29.7 Å². The van der Waals surface area contributed by atoms with Gasteiger partial charge in [0.1, 0.15) is 10.1 Å². The fourth-order valence-corrected chi connectivity index (χ4v) is 4.87. The fourth-order valence-electron chi connectivity index (χ4n) is 1.59. The Morgan fingerprint density at radius 2 is 2.11 bits per heavy atom. The first-order valence-corrected chi connectivity index (χ1v) is 8.57. The molecule has 7 heteroatoms. The lowest BCUT2D eigenvalue weighted by molar-refractivity contribution is -0.121. The van der Waals surface area contributed by atoms with Crippen LogP contribution in [0.4, 0.5) is 0 Å². The molecule has 0 aromatic heterocycles. The zero-order valence-electron chi connectivity index (χ0n) is 10.1. The van der Waals surface area contributed by atoms with Gasteiger partial charge in [-0.3, -0.25) is 9.69 Å². The second-order valence-corrected chi connectivity index (χ2v) is 7.83. The Labute approximate surface area is 148 Å². The van der Waals surface area contributed by atoms with E-state index in [4.69, 9.17) is 17.0 Å². The minimum atomic E-state index is -0.0640. The molecule has 0 spiro atoms. The minimum absolute atomic E-state index is 0.0640. The number of carbonyl (C=O) groups is 1. The van der Waals surface area contributed by atoms with Crippen LogP contribution in [-0.2, 0) is 4.79 Å². The van der Waals surface area contributed by atoms with Crippen molar-refractivity contribution < 1.29 is 9.53 Å². The predicted molar refractivity (Wildman–Crippen MR) is 99.4 cm³/mol. The number of thiocarbonyl (C=S) groups is 1. The highest BCUT2D eigenvalue weighted by atomic mass is 127. The molecule has 1 aliphatic rings. The molecule has 0 saturated carbocycles. The number of likely N-dealkylation sites (N-methyl/N-ethyl adjacent to an activating group) is 1. The summed E-state index contributed by atoms with van der Waals surface area (Å²) in [5.74, 6) is 0.716. The van der Waals surface area contributed by atoms with Crippen LogP contribution in [0.2, 0.25) is 0 Å². The summed E-state index contributed by atoms with van der Waals surface area (Å²) in [6.45, 7) is 0. The molecule has 3 nitrogen and oxygen atoms in total. The van der Waals surface area contributed by atoms with Crippen molar-refractivity contribution in [2.45, 2.75) is 0 Å². The first-order chi connectivity index (χ1) is 8.93. The predicted octanol–water partition coefficient (Wildman–Crippen LogP) is 3.74. The highest BCUT2D eigenvalue weighted by molar-refractivity contribution is 14.1. The molecule has 1 amide bonds. The SMILES string of the molecule is COc1c(I)cc(I)cc1/C=C1/SC(=S)N(C)C1=O. The quantitative estimate of drug-likeness (QED) is 0.340. The van der Waals surface area contributed by atoms with Gasteiger partial charge in [-0.25, -0.2) is 0 Å². The summed E-state index contributed by atoms with van der Waals surface area (Å²) in [7, 11) is 3.32. The summed E-state index contributed by atoms with van der Waals surface area (Å²) in [4.78, 5) is 14.1. The molecule has 0 N–H and O–H groups in total. The Balaban J connectivity index is 2.49. The van der Waals surface area contributed by atoms with Gasteiger partial charge >= 0.3 is 0 Å². The zero-order chi connectivity index (χ0) is 14.2. The average molecular weight is 517 g/mol. The lowest BCUT2D eigenvalue weighted by Crippen LogP contribution is -2.22. The third kappa shape index (κ3) is 3.24. The van der Waals surface area contributed by atoms with Gasteiger partial charge in [0.05, 0.1) is 15.6 Å². The molecule has 100 valence electrons. The number of hydrogen-bond donors (Lipinski definition) is 0. The second kappa shape index (κ2) is 6.27. The highest BCUT2D eigenvalue weighted by Gasteiger charge is 2.29. The molecule has 2 rings (SSSR count). The molecule has 0 atom stereocenters. The number of rotatable bonds is 2. The van der Waals surface area contributed by atoms with Crippen LogP contribution >= 0.6 is 69.2 Å². The van der Waals surface area contributed by atoms with Crippen molar-refractivity contribution in [3.8, 4) is 5.75 Å². The molecule has 1 fully saturated rings. The standard InChI is InChI=1S/C12H9I2NO2S2/c1-15-11(16)9(19-12(15)18)4-6-3-7(13)5-8(14)10(6)17-2/h3-5H,1-2H3/b9-4+. The summed E-state index contributed by atoms with van der Waals surface area (Å²) < 4.78 is 8.10. The fraction of sp³-hybridized carbons (Fsp3) is 0.167. The van der Waals surface area contributed by atoms with Gasteiger partial charge in [0, 0.05) is 16.2 Å². The van der Waals surface area contributed by atoms with Crippen LogP contribution in [0.1, 0.15) is 5.56 Å². The van der Waals surface area contributed by atoms with E-state index >= 15 is 0 Å². The molecule has 0 unspecified atom stereocenters. The van der Waals surface area contributed by atoms with Gasteiger partial charge in [0.15, 0.2) is 0 Å². The van der Waals surface area contributed by atoms with Crippen molar-refractivity contribution in [1.29, 1.82) is 0 Å². The topological polar surface area (TPSA) is 29.5 Å². The summed E-state index contributed by atoms with van der Waals surface area (Å²) in [6, 6.07) is 4.02. The van der Waals surface area contributed by atoms with E-state index in [1.165, 1.54) is 16.7 Å². The molecule has 0 radical (unpaired) electrons. The number of ether oxygens (including phenoxy) is 1. The van der Waals surface area contributed by atoms with Gasteiger partial charge < -0.3 is 4.74 Å². The smallest absolute Gasteiger partial charge is 0.265 e. The average Bonchev–Trinajstić information content (AvgIpc) is 2.57. The van der Waals surface area contributed by atoms with Crippen LogP contribution in [0.15, 0.2) is 17.0 Å². The van der Waals surface area contributed by atoms with Crippen LogP contribution in [0.5, 0.6) is 5.75 Å². The van der Waals surface area contributed by atoms with E-state index in [1.54, 1.807) is 14.2 Å². The third-order valence-corrected chi connectivity index (χ3v) is 5.42. The number of nitrogens with zero attached hydrogens (tertiary/aromatic N) is 1. The number of carbonyl (C=O) groups excluding carboxylic acids is 1. The monoisotopic (exact) mass is 517 g/mol.